The van der Waals surface area contributed by atoms with E-state index >= 15 is 0 Å². The fourth-order valence-electron chi connectivity index (χ4n) is 4.91. The summed E-state index contributed by atoms with van der Waals surface area (Å²) in [6, 6.07) is -8.68. The van der Waals surface area contributed by atoms with Gasteiger partial charge >= 0.3 is 17.9 Å². The maximum atomic E-state index is 13.7. The molecular formula is C32H57N13O12S. The molecule has 0 spiro atoms. The Hall–Kier alpha value is -5.92. The summed E-state index contributed by atoms with van der Waals surface area (Å²) >= 11 is 1.27. The van der Waals surface area contributed by atoms with Gasteiger partial charge in [0.05, 0.1) is 6.04 Å². The zero-order valence-corrected chi connectivity index (χ0v) is 33.0. The lowest BCUT2D eigenvalue weighted by Gasteiger charge is -2.27. The van der Waals surface area contributed by atoms with Crippen LogP contribution >= 0.6 is 11.8 Å². The summed E-state index contributed by atoms with van der Waals surface area (Å²) in [7, 11) is 0. The number of hydrogen-bond acceptors (Lipinski definition) is 13. The molecule has 328 valence electrons. The summed E-state index contributed by atoms with van der Waals surface area (Å²) in [6.45, 7) is 0.253. The Morgan fingerprint density at radius 1 is 0.517 bits per heavy atom. The highest BCUT2D eigenvalue weighted by atomic mass is 32.2. The van der Waals surface area contributed by atoms with Crippen LogP contribution in [-0.4, -0.2) is 142 Å². The molecule has 0 rings (SSSR count). The van der Waals surface area contributed by atoms with Crippen molar-refractivity contribution in [1.29, 1.82) is 0 Å². The van der Waals surface area contributed by atoms with Crippen molar-refractivity contribution in [2.45, 2.75) is 107 Å². The average Bonchev–Trinajstić information content (AvgIpc) is 3.13. The molecule has 0 unspecified atom stereocenters. The molecule has 0 fully saturated rings. The van der Waals surface area contributed by atoms with Crippen LogP contribution in [0.15, 0.2) is 9.98 Å². The summed E-state index contributed by atoms with van der Waals surface area (Å²) in [6.07, 6.45) is -0.867. The first-order valence-corrected chi connectivity index (χ1v) is 19.4. The van der Waals surface area contributed by atoms with Crippen LogP contribution in [0.4, 0.5) is 0 Å². The Labute approximate surface area is 338 Å². The number of carboxylic acid groups (broad SMARTS) is 3. The molecule has 0 radical (unpaired) electrons. The van der Waals surface area contributed by atoms with Crippen LogP contribution < -0.4 is 61.0 Å². The Kier molecular flexibility index (Phi) is 25.6. The Morgan fingerprint density at radius 3 is 1.28 bits per heavy atom. The molecule has 0 heterocycles. The van der Waals surface area contributed by atoms with Crippen LogP contribution in [0.2, 0.25) is 0 Å². The van der Waals surface area contributed by atoms with Gasteiger partial charge in [-0.25, -0.2) is 4.79 Å². The number of carboxylic acids is 3. The molecule has 6 amide bonds. The number of amides is 6. The predicted octanol–water partition coefficient (Wildman–Crippen LogP) is -5.32. The third kappa shape index (κ3) is 23.9. The number of aliphatic imine (C=N–C) groups is 2. The first-order valence-electron chi connectivity index (χ1n) is 18.0. The van der Waals surface area contributed by atoms with Gasteiger partial charge in [0.25, 0.3) is 0 Å². The molecule has 26 heteroatoms. The van der Waals surface area contributed by atoms with E-state index in [1.54, 1.807) is 6.26 Å². The normalized spacial score (nSPS) is 13.8. The number of nitrogens with two attached hydrogens (primary N) is 6. The van der Waals surface area contributed by atoms with Crippen LogP contribution in [0.5, 0.6) is 0 Å². The minimum atomic E-state index is -1.69. The molecule has 58 heavy (non-hydrogen) atoms. The SMILES string of the molecule is CSCC[C@H](NC(=O)[C@@H](CCC(N)=O)NC(=O)[C@H](CCCN=C(N)N)NC(=O)[C@@H](N)CCCN=C(N)N)C(=O)N[C@@H](CCC(=O)O)C(=O)N[C@@H](CCC(=O)O)C(=O)O. The first-order chi connectivity index (χ1) is 27.2. The molecule has 0 aromatic carbocycles. The maximum Gasteiger partial charge on any atom is 0.326 e. The van der Waals surface area contributed by atoms with E-state index in [9.17, 15) is 53.4 Å². The topological polar surface area (TPSA) is 455 Å². The van der Waals surface area contributed by atoms with Crippen LogP contribution in [0.25, 0.3) is 0 Å². The van der Waals surface area contributed by atoms with Crippen LogP contribution in [0.3, 0.4) is 0 Å². The molecule has 0 bridgehead atoms. The van der Waals surface area contributed by atoms with Crippen LogP contribution in [0, 0.1) is 0 Å². The third-order valence-corrected chi connectivity index (χ3v) is 8.62. The van der Waals surface area contributed by atoms with Gasteiger partial charge in [-0.15, -0.1) is 0 Å². The number of nitrogens with zero attached hydrogens (tertiary/aromatic N) is 2. The molecular weight excluding hydrogens is 790 g/mol. The smallest absolute Gasteiger partial charge is 0.326 e. The number of rotatable bonds is 31. The van der Waals surface area contributed by atoms with Gasteiger partial charge in [-0.05, 0) is 63.4 Å². The van der Waals surface area contributed by atoms with Crippen molar-refractivity contribution in [2.75, 3.05) is 25.1 Å². The number of aliphatic carboxylic acids is 3. The van der Waals surface area contributed by atoms with Gasteiger partial charge < -0.3 is 76.3 Å². The van der Waals surface area contributed by atoms with E-state index in [0.29, 0.717) is 6.42 Å². The summed E-state index contributed by atoms with van der Waals surface area (Å²) in [5.74, 6) is -9.94. The molecule has 0 aliphatic rings. The van der Waals surface area contributed by atoms with Crippen LogP contribution in [0.1, 0.15) is 70.6 Å². The summed E-state index contributed by atoms with van der Waals surface area (Å²) in [5.41, 5.74) is 32.7. The van der Waals surface area contributed by atoms with E-state index in [-0.39, 0.29) is 62.9 Å². The van der Waals surface area contributed by atoms with Gasteiger partial charge in [-0.3, -0.25) is 48.3 Å². The number of carbonyl (C=O) groups excluding carboxylic acids is 6. The first kappa shape index (κ1) is 52.1. The minimum Gasteiger partial charge on any atom is -0.481 e. The fraction of sp³-hybridized carbons (Fsp3) is 0.656. The van der Waals surface area contributed by atoms with Crippen molar-refractivity contribution in [3.8, 4) is 0 Å². The molecule has 0 aliphatic carbocycles. The van der Waals surface area contributed by atoms with E-state index in [0.717, 1.165) is 0 Å². The lowest BCUT2D eigenvalue weighted by molar-refractivity contribution is -0.144. The van der Waals surface area contributed by atoms with Gasteiger partial charge in [-0.1, -0.05) is 0 Å². The van der Waals surface area contributed by atoms with E-state index in [2.05, 4.69) is 36.6 Å². The second kappa shape index (κ2) is 28.5. The maximum absolute atomic E-state index is 13.7. The van der Waals surface area contributed by atoms with Crippen molar-refractivity contribution < 1.29 is 58.5 Å². The monoisotopic (exact) mass is 847 g/mol. The van der Waals surface area contributed by atoms with Crippen LogP contribution in [-0.2, 0) is 43.2 Å². The van der Waals surface area contributed by atoms with Gasteiger partial charge in [0.1, 0.15) is 30.2 Å². The average molecular weight is 848 g/mol. The number of hydrogen-bond donors (Lipinski definition) is 14. The molecule has 0 aromatic heterocycles. The zero-order valence-electron chi connectivity index (χ0n) is 32.1. The molecule has 20 N–H and O–H groups in total. The number of carbonyl (C=O) groups is 9. The van der Waals surface area contributed by atoms with Gasteiger partial charge in [0.15, 0.2) is 11.9 Å². The standard InChI is InChI=1S/C32H57N13O12S/c1-58-15-12-20(29(55)43-19(7-10-23(47)48)28(54)45-21(30(56)57)8-11-24(49)50)44-27(53)18(6-9-22(34)46)42-26(52)17(5-3-14-40-32(37)38)41-25(51)16(33)4-2-13-39-31(35)36/h16-21H,2-15,33H2,1H3,(H2,34,46)(H,41,51)(H,42,52)(H,43,55)(H,44,53)(H,45,54)(H,47,48)(H,49,50)(H,56,57)(H4,35,36,39)(H4,37,38,40)/t16-,17-,18+,19-,20-,21-/m0/s1. The summed E-state index contributed by atoms with van der Waals surface area (Å²) in [5, 5.41) is 39.5. The molecule has 0 saturated heterocycles. The van der Waals surface area contributed by atoms with Gasteiger partial charge in [-0.2, -0.15) is 11.8 Å². The summed E-state index contributed by atoms with van der Waals surface area (Å²) in [4.78, 5) is 120. The Balaban J connectivity index is 6.34. The van der Waals surface area contributed by atoms with Crippen molar-refractivity contribution in [1.82, 2.24) is 26.6 Å². The quantitative estimate of drug-likeness (QED) is 0.0176. The molecule has 6 atom stereocenters. The second-order valence-corrected chi connectivity index (χ2v) is 13.8. The molecule has 25 nitrogen and oxygen atoms in total. The van der Waals surface area contributed by atoms with Crippen molar-refractivity contribution in [2.24, 2.45) is 44.4 Å². The van der Waals surface area contributed by atoms with E-state index < -0.39 is 122 Å². The summed E-state index contributed by atoms with van der Waals surface area (Å²) < 4.78 is 0. The lowest BCUT2D eigenvalue weighted by Crippen LogP contribution is -2.59. The Bertz CT molecular complexity index is 1490. The highest BCUT2D eigenvalue weighted by Crippen LogP contribution is 2.09. The predicted molar refractivity (Wildman–Crippen MR) is 210 cm³/mol. The zero-order chi connectivity index (χ0) is 44.4. The number of guanidine groups is 2. The number of nitrogens with one attached hydrogen (secondary N) is 5. The third-order valence-electron chi connectivity index (χ3n) is 7.98. The minimum absolute atomic E-state index is 0.0448. The van der Waals surface area contributed by atoms with Gasteiger partial charge in [0.2, 0.25) is 35.4 Å². The molecule has 0 aliphatic heterocycles. The van der Waals surface area contributed by atoms with Crippen molar-refractivity contribution >= 4 is 77.0 Å². The number of primary amides is 1. The second-order valence-electron chi connectivity index (χ2n) is 12.8. The largest absolute Gasteiger partial charge is 0.481 e. The molecule has 0 saturated carbocycles. The van der Waals surface area contributed by atoms with E-state index in [1.165, 1.54) is 11.8 Å². The van der Waals surface area contributed by atoms with E-state index in [4.69, 9.17) is 39.5 Å². The van der Waals surface area contributed by atoms with E-state index in [1.807, 2.05) is 0 Å². The van der Waals surface area contributed by atoms with Gasteiger partial charge in [0, 0.05) is 32.4 Å². The molecule has 0 aromatic rings. The van der Waals surface area contributed by atoms with Crippen molar-refractivity contribution in [3.05, 3.63) is 0 Å². The highest BCUT2D eigenvalue weighted by Gasteiger charge is 2.33. The Morgan fingerprint density at radius 2 is 0.879 bits per heavy atom. The van der Waals surface area contributed by atoms with Crippen molar-refractivity contribution in [3.63, 3.8) is 0 Å². The fourth-order valence-corrected chi connectivity index (χ4v) is 5.38. The number of thioether (sulfide) groups is 1. The highest BCUT2D eigenvalue weighted by molar-refractivity contribution is 7.98. The lowest BCUT2D eigenvalue weighted by atomic mass is 10.0.